The molecule has 1 aliphatic heterocycles. The van der Waals surface area contributed by atoms with Gasteiger partial charge in [-0.2, -0.15) is 0 Å². The zero-order valence-electron chi connectivity index (χ0n) is 27.0. The third-order valence-electron chi connectivity index (χ3n) is 7.07. The highest BCUT2D eigenvalue weighted by atomic mass is 16.5. The van der Waals surface area contributed by atoms with E-state index in [0.29, 0.717) is 53.6 Å². The van der Waals surface area contributed by atoms with Crippen LogP contribution in [0.15, 0.2) is 72.8 Å². The summed E-state index contributed by atoms with van der Waals surface area (Å²) in [5, 5.41) is 8.84. The molecule has 6 bridgehead atoms. The molecule has 0 saturated carbocycles. The standard InChI is InChI=1S/C36H45N3O6/c1-22(2)16-31-34(40)37-25-10-8-14-29(20-25)44-33(18-24(5)6)36(42)39-27-12-9-15-30(21-27)45-32(17-23(3)4)35(41)38-26-11-7-13-28(19-26)43-31/h7-15,19-24,31-33H,16-18H2,1-6H3,(H,37,40)(H,38,41)(H,39,42). The number of amides is 3. The minimum Gasteiger partial charge on any atom is -0.481 e. The fraction of sp³-hybridized carbons (Fsp3) is 0.417. The van der Waals surface area contributed by atoms with Gasteiger partial charge in [-0.3, -0.25) is 14.4 Å². The lowest BCUT2D eigenvalue weighted by Crippen LogP contribution is -2.35. The first-order chi connectivity index (χ1) is 21.4. The van der Waals surface area contributed by atoms with Crippen LogP contribution in [0, 0.1) is 17.8 Å². The summed E-state index contributed by atoms with van der Waals surface area (Å²) in [4.78, 5) is 40.5. The Labute approximate surface area is 266 Å². The Morgan fingerprint density at radius 3 is 1.00 bits per heavy atom. The number of nitrogens with one attached hydrogen (secondary N) is 3. The van der Waals surface area contributed by atoms with Crippen molar-refractivity contribution in [2.24, 2.45) is 17.8 Å². The molecule has 3 N–H and O–H groups in total. The van der Waals surface area contributed by atoms with E-state index in [1.54, 1.807) is 72.8 Å². The monoisotopic (exact) mass is 615 g/mol. The van der Waals surface area contributed by atoms with Crippen molar-refractivity contribution >= 4 is 34.8 Å². The van der Waals surface area contributed by atoms with E-state index >= 15 is 0 Å². The number of anilines is 3. The second kappa shape index (κ2) is 15.5. The van der Waals surface area contributed by atoms with E-state index in [0.717, 1.165) is 0 Å². The zero-order chi connectivity index (χ0) is 32.5. The predicted molar refractivity (Wildman–Crippen MR) is 177 cm³/mol. The van der Waals surface area contributed by atoms with Crippen LogP contribution in [-0.2, 0) is 14.4 Å². The van der Waals surface area contributed by atoms with Crippen LogP contribution < -0.4 is 30.2 Å². The Hall–Kier alpha value is -4.53. The van der Waals surface area contributed by atoms with Gasteiger partial charge >= 0.3 is 0 Å². The van der Waals surface area contributed by atoms with Gasteiger partial charge in [-0.1, -0.05) is 59.7 Å². The first-order valence-electron chi connectivity index (χ1n) is 15.7. The smallest absolute Gasteiger partial charge is 0.265 e. The van der Waals surface area contributed by atoms with E-state index in [1.165, 1.54) is 0 Å². The highest BCUT2D eigenvalue weighted by Crippen LogP contribution is 2.27. The fourth-order valence-corrected chi connectivity index (χ4v) is 5.01. The largest absolute Gasteiger partial charge is 0.481 e. The fourth-order valence-electron chi connectivity index (χ4n) is 5.01. The minimum absolute atomic E-state index is 0.176. The molecule has 1 aliphatic rings. The lowest BCUT2D eigenvalue weighted by molar-refractivity contribution is -0.124. The number of fused-ring (bicyclic) bond motifs is 6. The van der Waals surface area contributed by atoms with Crippen molar-refractivity contribution in [2.75, 3.05) is 16.0 Å². The van der Waals surface area contributed by atoms with Crippen LogP contribution in [0.1, 0.15) is 60.8 Å². The average molecular weight is 616 g/mol. The number of carbonyl (C=O) groups excluding carboxylic acids is 3. The number of hydrogen-bond donors (Lipinski definition) is 3. The van der Waals surface area contributed by atoms with Gasteiger partial charge in [-0.15, -0.1) is 0 Å². The van der Waals surface area contributed by atoms with Crippen LogP contribution in [0.3, 0.4) is 0 Å². The van der Waals surface area contributed by atoms with Gasteiger partial charge in [-0.05, 0) is 73.4 Å². The SMILES string of the molecule is CC(C)CC1Oc2cccc(c2)NC(=O)C(CC(C)C)Oc2cccc(c2)NC(=O)C(CC(C)C)Oc2cccc(c2)NC1=O. The predicted octanol–water partition coefficient (Wildman–Crippen LogP) is 7.30. The van der Waals surface area contributed by atoms with Gasteiger partial charge in [0.15, 0.2) is 18.3 Å². The Kier molecular flexibility index (Phi) is 11.5. The molecule has 9 heteroatoms. The summed E-state index contributed by atoms with van der Waals surface area (Å²) in [5.41, 5.74) is 1.56. The van der Waals surface area contributed by atoms with Gasteiger partial charge in [0.2, 0.25) is 0 Å². The molecule has 0 radical (unpaired) electrons. The third kappa shape index (κ3) is 10.3. The second-order valence-corrected chi connectivity index (χ2v) is 12.8. The normalized spacial score (nSPS) is 19.4. The number of benzene rings is 3. The van der Waals surface area contributed by atoms with Crippen molar-refractivity contribution in [1.82, 2.24) is 0 Å². The van der Waals surface area contributed by atoms with Crippen LogP contribution in [0.5, 0.6) is 17.2 Å². The molecule has 240 valence electrons. The molecule has 4 rings (SSSR count). The maximum Gasteiger partial charge on any atom is 0.265 e. The third-order valence-corrected chi connectivity index (χ3v) is 7.07. The van der Waals surface area contributed by atoms with Crippen molar-refractivity contribution in [2.45, 2.75) is 79.1 Å². The average Bonchev–Trinajstić information content (AvgIpc) is 2.95. The number of hydrogen-bond acceptors (Lipinski definition) is 6. The Morgan fingerprint density at radius 2 is 0.756 bits per heavy atom. The van der Waals surface area contributed by atoms with Crippen LogP contribution in [0.2, 0.25) is 0 Å². The summed E-state index contributed by atoms with van der Waals surface area (Å²) in [6.45, 7) is 12.1. The molecule has 0 spiro atoms. The molecule has 3 aromatic rings. The lowest BCUT2D eigenvalue weighted by Gasteiger charge is -2.22. The molecule has 3 aromatic carbocycles. The quantitative estimate of drug-likeness (QED) is 0.268. The molecule has 0 aliphatic carbocycles. The molecule has 0 fully saturated rings. The molecule has 0 aromatic heterocycles. The van der Waals surface area contributed by atoms with Crippen LogP contribution in [0.25, 0.3) is 0 Å². The molecule has 3 amide bonds. The zero-order valence-corrected chi connectivity index (χ0v) is 27.0. The molecular weight excluding hydrogens is 570 g/mol. The summed E-state index contributed by atoms with van der Waals surface area (Å²) >= 11 is 0. The Bertz CT molecular complexity index is 1300. The van der Waals surface area contributed by atoms with Crippen molar-refractivity contribution in [1.29, 1.82) is 0 Å². The van der Waals surface area contributed by atoms with Crippen molar-refractivity contribution in [3.63, 3.8) is 0 Å². The van der Waals surface area contributed by atoms with Crippen LogP contribution >= 0.6 is 0 Å². The van der Waals surface area contributed by atoms with Gasteiger partial charge < -0.3 is 30.2 Å². The van der Waals surface area contributed by atoms with E-state index in [4.69, 9.17) is 14.2 Å². The lowest BCUT2D eigenvalue weighted by atomic mass is 10.0. The second-order valence-electron chi connectivity index (χ2n) is 12.8. The van der Waals surface area contributed by atoms with E-state index in [9.17, 15) is 14.4 Å². The van der Waals surface area contributed by atoms with E-state index < -0.39 is 18.3 Å². The van der Waals surface area contributed by atoms with E-state index in [1.807, 2.05) is 41.5 Å². The van der Waals surface area contributed by atoms with Crippen LogP contribution in [-0.4, -0.2) is 36.0 Å². The van der Waals surface area contributed by atoms with Gasteiger partial charge in [0, 0.05) is 35.3 Å². The molecule has 45 heavy (non-hydrogen) atoms. The number of carbonyl (C=O) groups is 3. The van der Waals surface area contributed by atoms with Crippen molar-refractivity contribution < 1.29 is 28.6 Å². The van der Waals surface area contributed by atoms with Crippen LogP contribution in [0.4, 0.5) is 17.1 Å². The van der Waals surface area contributed by atoms with Crippen molar-refractivity contribution in [3.05, 3.63) is 72.8 Å². The van der Waals surface area contributed by atoms with Crippen molar-refractivity contribution in [3.8, 4) is 17.2 Å². The summed E-state index contributed by atoms with van der Waals surface area (Å²) in [6.07, 6.45) is -0.971. The highest BCUT2D eigenvalue weighted by molar-refractivity contribution is 5.96. The number of rotatable bonds is 6. The minimum atomic E-state index is -0.794. The number of ether oxygens (including phenoxy) is 3. The topological polar surface area (TPSA) is 115 Å². The first kappa shape index (κ1) is 33.4. The van der Waals surface area contributed by atoms with Gasteiger partial charge in [-0.25, -0.2) is 0 Å². The maximum atomic E-state index is 13.5. The van der Waals surface area contributed by atoms with Gasteiger partial charge in [0.05, 0.1) is 0 Å². The molecule has 9 nitrogen and oxygen atoms in total. The molecular formula is C36H45N3O6. The van der Waals surface area contributed by atoms with E-state index in [2.05, 4.69) is 16.0 Å². The maximum absolute atomic E-state index is 13.5. The van der Waals surface area contributed by atoms with Gasteiger partial charge in [0.25, 0.3) is 17.7 Å². The molecule has 3 atom stereocenters. The molecule has 0 saturated heterocycles. The summed E-state index contributed by atoms with van der Waals surface area (Å²) < 4.78 is 18.6. The summed E-state index contributed by atoms with van der Waals surface area (Å²) in [7, 11) is 0. The highest BCUT2D eigenvalue weighted by Gasteiger charge is 2.26. The van der Waals surface area contributed by atoms with E-state index in [-0.39, 0.29) is 35.5 Å². The summed E-state index contributed by atoms with van der Waals surface area (Å²) in [5.74, 6) is 0.928. The first-order valence-corrected chi connectivity index (χ1v) is 15.7. The van der Waals surface area contributed by atoms with Gasteiger partial charge in [0.1, 0.15) is 17.2 Å². The Morgan fingerprint density at radius 1 is 0.489 bits per heavy atom. The molecule has 3 unspecified atom stereocenters. The summed E-state index contributed by atoms with van der Waals surface area (Å²) in [6, 6.07) is 21.0. The Balaban J connectivity index is 1.73. The molecule has 1 heterocycles.